The average molecular weight is 262 g/mol. The van der Waals surface area contributed by atoms with Crippen LogP contribution in [0.4, 0.5) is 0 Å². The molecule has 1 amide bonds. The van der Waals surface area contributed by atoms with E-state index in [0.29, 0.717) is 0 Å². The van der Waals surface area contributed by atoms with Gasteiger partial charge in [-0.1, -0.05) is 37.0 Å². The molecule has 2 atom stereocenters. The summed E-state index contributed by atoms with van der Waals surface area (Å²) >= 11 is 11.3. The van der Waals surface area contributed by atoms with Gasteiger partial charge in [0.15, 0.2) is 0 Å². The smallest absolute Gasteiger partial charge is 0.226 e. The molecule has 2 rings (SSSR count). The second kappa shape index (κ2) is 4.23. The molecule has 1 heterocycles. The molecule has 0 N–H and O–H groups in total. The second-order valence-electron chi connectivity index (χ2n) is 5.31. The van der Waals surface area contributed by atoms with Crippen molar-refractivity contribution in [2.75, 3.05) is 13.1 Å². The molecule has 4 heteroatoms. The van der Waals surface area contributed by atoms with Crippen LogP contribution in [0.1, 0.15) is 26.7 Å². The fourth-order valence-electron chi connectivity index (χ4n) is 2.73. The fraction of sp³-hybridized carbons (Fsp3) is 0.750. The summed E-state index contributed by atoms with van der Waals surface area (Å²) in [5, 5.41) is 0. The van der Waals surface area contributed by atoms with Crippen molar-refractivity contribution in [2.24, 2.45) is 17.3 Å². The number of amides is 1. The van der Waals surface area contributed by atoms with Gasteiger partial charge in [-0.3, -0.25) is 4.79 Å². The normalized spacial score (nSPS) is 31.4. The minimum absolute atomic E-state index is 0.00863. The van der Waals surface area contributed by atoms with E-state index in [1.54, 1.807) is 0 Å². The Bertz CT molecular complexity index is 328. The molecular formula is C12H17Cl2NO. The van der Waals surface area contributed by atoms with E-state index in [9.17, 15) is 4.79 Å². The van der Waals surface area contributed by atoms with E-state index >= 15 is 0 Å². The first-order valence-corrected chi connectivity index (χ1v) is 6.52. The molecule has 0 aromatic rings. The number of rotatable bonds is 2. The minimum Gasteiger partial charge on any atom is -0.342 e. The first kappa shape index (κ1) is 12.3. The summed E-state index contributed by atoms with van der Waals surface area (Å²) in [5.74, 6) is 0.544. The van der Waals surface area contributed by atoms with Crippen LogP contribution in [0.5, 0.6) is 0 Å². The van der Waals surface area contributed by atoms with E-state index < -0.39 is 0 Å². The van der Waals surface area contributed by atoms with Gasteiger partial charge in [0.1, 0.15) is 4.49 Å². The zero-order valence-corrected chi connectivity index (χ0v) is 11.2. The number of hydrogen-bond acceptors (Lipinski definition) is 1. The van der Waals surface area contributed by atoms with Crippen molar-refractivity contribution in [1.29, 1.82) is 0 Å². The van der Waals surface area contributed by atoms with Crippen molar-refractivity contribution in [3.8, 4) is 0 Å². The number of carbonyl (C=O) groups excluding carboxylic acids is 1. The topological polar surface area (TPSA) is 20.3 Å². The Kier molecular flexibility index (Phi) is 3.24. The van der Waals surface area contributed by atoms with Crippen molar-refractivity contribution in [3.05, 3.63) is 10.6 Å². The number of allylic oxidation sites excluding steroid dienone is 1. The predicted octanol–water partition coefficient (Wildman–Crippen LogP) is 3.20. The van der Waals surface area contributed by atoms with E-state index in [2.05, 4.69) is 13.8 Å². The molecule has 1 saturated carbocycles. The summed E-state index contributed by atoms with van der Waals surface area (Å²) in [6.07, 6.45) is 4.08. The third-order valence-corrected chi connectivity index (χ3v) is 4.15. The zero-order valence-electron chi connectivity index (χ0n) is 9.67. The molecular weight excluding hydrogens is 245 g/mol. The second-order valence-corrected chi connectivity index (χ2v) is 6.32. The van der Waals surface area contributed by atoms with Crippen LogP contribution in [-0.2, 0) is 4.79 Å². The molecule has 16 heavy (non-hydrogen) atoms. The number of likely N-dealkylation sites (tertiary alicyclic amines) is 1. The lowest BCUT2D eigenvalue weighted by atomic mass is 10.1. The monoisotopic (exact) mass is 261 g/mol. The Morgan fingerprint density at radius 1 is 1.31 bits per heavy atom. The van der Waals surface area contributed by atoms with E-state index in [-0.39, 0.29) is 27.6 Å². The van der Waals surface area contributed by atoms with E-state index in [4.69, 9.17) is 23.2 Å². The SMILES string of the molecule is CC1(C)C(C=C(Cl)Cl)C1C(=O)N1CCCC1. The van der Waals surface area contributed by atoms with Crippen molar-refractivity contribution in [3.63, 3.8) is 0 Å². The van der Waals surface area contributed by atoms with Crippen LogP contribution in [0, 0.1) is 17.3 Å². The fourth-order valence-corrected chi connectivity index (χ4v) is 3.00. The van der Waals surface area contributed by atoms with Crippen molar-refractivity contribution in [1.82, 2.24) is 4.90 Å². The third kappa shape index (κ3) is 2.10. The highest BCUT2D eigenvalue weighted by Crippen LogP contribution is 2.60. The molecule has 1 aliphatic carbocycles. The molecule has 0 bridgehead atoms. The summed E-state index contributed by atoms with van der Waals surface area (Å²) in [7, 11) is 0. The van der Waals surface area contributed by atoms with Gasteiger partial charge in [-0.25, -0.2) is 0 Å². The van der Waals surface area contributed by atoms with Gasteiger partial charge in [-0.05, 0) is 30.3 Å². The molecule has 0 radical (unpaired) electrons. The highest BCUT2D eigenvalue weighted by atomic mass is 35.5. The lowest BCUT2D eigenvalue weighted by Gasteiger charge is -2.15. The van der Waals surface area contributed by atoms with Crippen LogP contribution in [0.15, 0.2) is 10.6 Å². The van der Waals surface area contributed by atoms with Gasteiger partial charge in [-0.2, -0.15) is 0 Å². The molecule has 2 nitrogen and oxygen atoms in total. The van der Waals surface area contributed by atoms with Crippen LogP contribution in [-0.4, -0.2) is 23.9 Å². The molecule has 2 aliphatic rings. The lowest BCUT2D eigenvalue weighted by Crippen LogP contribution is -2.30. The van der Waals surface area contributed by atoms with Gasteiger partial charge in [0.05, 0.1) is 5.92 Å². The largest absolute Gasteiger partial charge is 0.342 e. The van der Waals surface area contributed by atoms with Crippen molar-refractivity contribution < 1.29 is 4.79 Å². The van der Waals surface area contributed by atoms with E-state index in [1.807, 2.05) is 11.0 Å². The predicted molar refractivity (Wildman–Crippen MR) is 66.4 cm³/mol. The van der Waals surface area contributed by atoms with Crippen LogP contribution in [0.3, 0.4) is 0 Å². The molecule has 90 valence electrons. The first-order chi connectivity index (χ1) is 7.44. The highest BCUT2D eigenvalue weighted by molar-refractivity contribution is 6.55. The quantitative estimate of drug-likeness (QED) is 0.748. The number of hydrogen-bond donors (Lipinski definition) is 0. The van der Waals surface area contributed by atoms with Crippen LogP contribution in [0.25, 0.3) is 0 Å². The summed E-state index contributed by atoms with van der Waals surface area (Å²) in [6, 6.07) is 0. The summed E-state index contributed by atoms with van der Waals surface area (Å²) in [4.78, 5) is 14.2. The molecule has 2 fully saturated rings. The minimum atomic E-state index is 0.00863. The Morgan fingerprint density at radius 2 is 1.88 bits per heavy atom. The molecule has 0 spiro atoms. The van der Waals surface area contributed by atoms with Gasteiger partial charge < -0.3 is 4.90 Å². The van der Waals surface area contributed by atoms with Crippen molar-refractivity contribution in [2.45, 2.75) is 26.7 Å². The summed E-state index contributed by atoms with van der Waals surface area (Å²) < 4.78 is 0.273. The van der Waals surface area contributed by atoms with E-state index in [1.165, 1.54) is 0 Å². The molecule has 1 saturated heterocycles. The van der Waals surface area contributed by atoms with Gasteiger partial charge in [0.2, 0.25) is 5.91 Å². The van der Waals surface area contributed by atoms with E-state index in [0.717, 1.165) is 25.9 Å². The molecule has 1 aliphatic heterocycles. The van der Waals surface area contributed by atoms with Gasteiger partial charge in [0, 0.05) is 13.1 Å². The van der Waals surface area contributed by atoms with Crippen LogP contribution < -0.4 is 0 Å². The number of halogens is 2. The van der Waals surface area contributed by atoms with Gasteiger partial charge >= 0.3 is 0 Å². The Hall–Kier alpha value is -0.210. The Morgan fingerprint density at radius 3 is 2.38 bits per heavy atom. The lowest BCUT2D eigenvalue weighted by molar-refractivity contribution is -0.132. The maximum Gasteiger partial charge on any atom is 0.226 e. The Labute approximate surface area is 107 Å². The van der Waals surface area contributed by atoms with Crippen LogP contribution >= 0.6 is 23.2 Å². The summed E-state index contributed by atoms with van der Waals surface area (Å²) in [5.41, 5.74) is 0.00863. The summed E-state index contributed by atoms with van der Waals surface area (Å²) in [6.45, 7) is 6.03. The number of nitrogens with zero attached hydrogens (tertiary/aromatic N) is 1. The van der Waals surface area contributed by atoms with Crippen molar-refractivity contribution >= 4 is 29.1 Å². The maximum atomic E-state index is 12.2. The van der Waals surface area contributed by atoms with Gasteiger partial charge in [-0.15, -0.1) is 0 Å². The molecule has 0 aromatic heterocycles. The Balaban J connectivity index is 2.05. The maximum absolute atomic E-state index is 12.2. The third-order valence-electron chi connectivity index (χ3n) is 3.90. The first-order valence-electron chi connectivity index (χ1n) is 5.76. The van der Waals surface area contributed by atoms with Crippen LogP contribution in [0.2, 0.25) is 0 Å². The molecule has 2 unspecified atom stereocenters. The zero-order chi connectivity index (χ0) is 11.9. The highest BCUT2D eigenvalue weighted by Gasteiger charge is 2.61. The standard InChI is InChI=1S/C12H17Cl2NO/c1-12(2)8(7-9(13)14)10(12)11(16)15-5-3-4-6-15/h7-8,10H,3-6H2,1-2H3. The number of carbonyl (C=O) groups is 1. The van der Waals surface area contributed by atoms with Gasteiger partial charge in [0.25, 0.3) is 0 Å². The average Bonchev–Trinajstić information content (AvgIpc) is 2.63. The molecule has 0 aromatic carbocycles.